The quantitative estimate of drug-likeness (QED) is 0.284. The molecule has 1 fully saturated rings. The van der Waals surface area contributed by atoms with Gasteiger partial charge in [0.15, 0.2) is 10.9 Å². The first-order chi connectivity index (χ1) is 21.3. The number of ether oxygens (including phenoxy) is 1. The third kappa shape index (κ3) is 5.35. The number of carbonyl (C=O) groups is 1. The average Bonchev–Trinajstić information content (AvgIpc) is 3.58. The Morgan fingerprint density at radius 3 is 2.65 bits per heavy atom. The van der Waals surface area contributed by atoms with Gasteiger partial charge in [-0.3, -0.25) is 9.69 Å². The van der Waals surface area contributed by atoms with E-state index in [9.17, 15) is 14.4 Å². The number of pyridine rings is 1. The molecule has 5 rings (SSSR count). The lowest BCUT2D eigenvalue weighted by Gasteiger charge is -2.35. The number of aryl methyl sites for hydroxylation is 1. The van der Waals surface area contributed by atoms with Gasteiger partial charge in [0, 0.05) is 42.8 Å². The molecule has 40 heavy (non-hydrogen) atoms. The lowest BCUT2D eigenvalue weighted by Crippen LogP contribution is -2.48. The third-order valence-corrected chi connectivity index (χ3v) is 7.42. The molecular formula is C28H29F2N7O2S. The van der Waals surface area contributed by atoms with Crippen molar-refractivity contribution in [1.29, 1.82) is 5.26 Å². The van der Waals surface area contributed by atoms with Gasteiger partial charge in [-0.1, -0.05) is 18.3 Å². The van der Waals surface area contributed by atoms with Crippen molar-refractivity contribution in [2.75, 3.05) is 56.1 Å². The molecule has 0 amide bonds. The smallest absolute Gasteiger partial charge is 0.320 e. The van der Waals surface area contributed by atoms with Crippen molar-refractivity contribution in [2.45, 2.75) is 20.3 Å². The van der Waals surface area contributed by atoms with Crippen LogP contribution in [0.5, 0.6) is 0 Å². The monoisotopic (exact) mass is 570 g/mol. The number of nitrogens with zero attached hydrogens (tertiary/aromatic N) is 7. The summed E-state index contributed by atoms with van der Waals surface area (Å²) in [4.78, 5) is 20.9. The van der Waals surface area contributed by atoms with Crippen molar-refractivity contribution in [2.24, 2.45) is 0 Å². The third-order valence-electron chi connectivity index (χ3n) is 6.48. The Morgan fingerprint density at radius 2 is 2.00 bits per heavy atom. The molecule has 3 aromatic heterocycles. The lowest BCUT2D eigenvalue weighted by atomic mass is 10.1. The highest BCUT2D eigenvalue weighted by atomic mass is 32.1. The molecule has 1 aromatic carbocycles. The second-order valence-corrected chi connectivity index (χ2v) is 9.90. The molecular weight excluding hydrogens is 536 g/mol. The highest BCUT2D eigenvalue weighted by Crippen LogP contribution is 2.39. The minimum absolute atomic E-state index is 0.0174. The Morgan fingerprint density at radius 1 is 1.25 bits per heavy atom. The van der Waals surface area contributed by atoms with Gasteiger partial charge in [-0.05, 0) is 43.7 Å². The van der Waals surface area contributed by atoms with Crippen molar-refractivity contribution in [3.63, 3.8) is 0 Å². The zero-order chi connectivity index (χ0) is 32.7. The first-order valence-electron chi connectivity index (χ1n) is 15.1. The number of fused-ring (bicyclic) bond motifs is 1. The molecule has 1 aliphatic rings. The van der Waals surface area contributed by atoms with Gasteiger partial charge in [0.1, 0.15) is 22.5 Å². The molecule has 12 heteroatoms. The van der Waals surface area contributed by atoms with E-state index in [4.69, 9.17) is 11.6 Å². The number of benzene rings is 1. The summed E-state index contributed by atoms with van der Waals surface area (Å²) >= 11 is 0.863. The van der Waals surface area contributed by atoms with E-state index in [1.165, 1.54) is 39.7 Å². The molecule has 0 atom stereocenters. The number of nitriles is 1. The Hall–Kier alpha value is -4.08. The molecule has 0 aliphatic carbocycles. The van der Waals surface area contributed by atoms with Crippen molar-refractivity contribution >= 4 is 39.3 Å². The van der Waals surface area contributed by atoms with Crippen LogP contribution in [-0.4, -0.2) is 71.7 Å². The maximum absolute atomic E-state index is 15.5. The summed E-state index contributed by atoms with van der Waals surface area (Å²) < 4.78 is 77.0. The number of rotatable bonds is 8. The van der Waals surface area contributed by atoms with Gasteiger partial charge in [-0.15, -0.1) is 0 Å². The van der Waals surface area contributed by atoms with Crippen LogP contribution in [0.2, 0.25) is 0 Å². The maximum atomic E-state index is 15.5. The first kappa shape index (κ1) is 21.7. The Balaban J connectivity index is 1.56. The number of piperazine rings is 1. The van der Waals surface area contributed by atoms with Crippen LogP contribution in [0.1, 0.15) is 31.3 Å². The molecule has 0 N–H and O–H groups in total. The highest BCUT2D eigenvalue weighted by Gasteiger charge is 2.26. The van der Waals surface area contributed by atoms with Crippen LogP contribution < -0.4 is 9.80 Å². The Kier molecular flexibility index (Phi) is 6.28. The van der Waals surface area contributed by atoms with Gasteiger partial charge >= 0.3 is 5.97 Å². The van der Waals surface area contributed by atoms with Crippen LogP contribution in [-0.2, 0) is 16.0 Å². The number of carbonyl (C=O) groups excluding carboxylic acids is 1. The summed E-state index contributed by atoms with van der Waals surface area (Å²) in [6.45, 7) is -1.16. The van der Waals surface area contributed by atoms with E-state index in [1.807, 2.05) is 6.07 Å². The summed E-state index contributed by atoms with van der Waals surface area (Å²) in [7, 11) is 0. The van der Waals surface area contributed by atoms with Gasteiger partial charge in [0.25, 0.3) is 0 Å². The van der Waals surface area contributed by atoms with Crippen LogP contribution in [0, 0.1) is 23.0 Å². The van der Waals surface area contributed by atoms with E-state index in [2.05, 4.69) is 10.1 Å². The zero-order valence-corrected chi connectivity index (χ0v) is 22.6. The van der Waals surface area contributed by atoms with E-state index in [-0.39, 0.29) is 65.4 Å². The van der Waals surface area contributed by atoms with Gasteiger partial charge in [-0.2, -0.15) is 10.4 Å². The van der Waals surface area contributed by atoms with E-state index >= 15 is 4.39 Å². The van der Waals surface area contributed by atoms with Crippen molar-refractivity contribution in [3.8, 4) is 17.3 Å². The number of halogens is 2. The Bertz CT molecular complexity index is 1760. The predicted molar refractivity (Wildman–Crippen MR) is 150 cm³/mol. The molecule has 1 aliphatic heterocycles. The van der Waals surface area contributed by atoms with Crippen LogP contribution in [0.15, 0.2) is 36.5 Å². The molecule has 9 nitrogen and oxygen atoms in total. The molecule has 0 saturated carbocycles. The van der Waals surface area contributed by atoms with Gasteiger partial charge in [0.2, 0.25) is 0 Å². The summed E-state index contributed by atoms with van der Waals surface area (Å²) in [6, 6.07) is 8.89. The minimum Gasteiger partial charge on any atom is -0.465 e. The molecule has 4 aromatic rings. The molecule has 0 unspecified atom stereocenters. The van der Waals surface area contributed by atoms with E-state index in [0.717, 1.165) is 22.4 Å². The standard InChI is InChI=1S/C28H29F2N7O2S/c1-4-21-27(34(3)28-32-26(24(15-31)40-28)18-6-8-19(29)9-7-18)23-14-22(20(30)16-37(23)33-21)36-12-10-35(11-13-36)17-25(38)39-5-2/h6-9,14,16H,4-5,10-13,17H2,1-3H3/i3D3,17D2. The number of aromatic nitrogens is 3. The minimum atomic E-state index is -2.79. The van der Waals surface area contributed by atoms with Crippen LogP contribution in [0.25, 0.3) is 16.8 Å². The second-order valence-electron chi connectivity index (χ2n) is 8.92. The number of anilines is 3. The molecule has 0 radical (unpaired) electrons. The van der Waals surface area contributed by atoms with Gasteiger partial charge < -0.3 is 14.5 Å². The van der Waals surface area contributed by atoms with Gasteiger partial charge in [0.05, 0.1) is 44.6 Å². The predicted octanol–water partition coefficient (Wildman–Crippen LogP) is 4.62. The molecule has 0 bridgehead atoms. The van der Waals surface area contributed by atoms with Crippen molar-refractivity contribution in [3.05, 3.63) is 58.7 Å². The summed E-state index contributed by atoms with van der Waals surface area (Å²) in [6.07, 6.45) is 1.45. The van der Waals surface area contributed by atoms with E-state index < -0.39 is 31.1 Å². The number of hydrogen-bond donors (Lipinski definition) is 0. The summed E-state index contributed by atoms with van der Waals surface area (Å²) in [5.41, 5.74) is 1.59. The van der Waals surface area contributed by atoms with E-state index in [0.29, 0.717) is 17.7 Å². The summed E-state index contributed by atoms with van der Waals surface area (Å²) in [5.74, 6) is -2.09. The van der Waals surface area contributed by atoms with Crippen molar-refractivity contribution < 1.29 is 25.2 Å². The van der Waals surface area contributed by atoms with Crippen LogP contribution >= 0.6 is 11.3 Å². The van der Waals surface area contributed by atoms with Crippen molar-refractivity contribution in [1.82, 2.24) is 19.5 Å². The fourth-order valence-corrected chi connectivity index (χ4v) is 5.36. The summed E-state index contributed by atoms with van der Waals surface area (Å²) in [5, 5.41) is 14.3. The molecule has 4 heterocycles. The largest absolute Gasteiger partial charge is 0.465 e. The number of hydrogen-bond acceptors (Lipinski definition) is 9. The van der Waals surface area contributed by atoms with Crippen LogP contribution in [0.3, 0.4) is 0 Å². The SMILES string of the molecule is [2H]C([2H])([2H])N(c1nc(-c2ccc(F)cc2)c(C#N)s1)c1c(CC)nn2cc(F)c(N3CCN(C([2H])([2H])C(=O)OCC)CC3)cc12. The first-order valence-corrected chi connectivity index (χ1v) is 13.5. The van der Waals surface area contributed by atoms with E-state index in [1.54, 1.807) is 18.7 Å². The van der Waals surface area contributed by atoms with Gasteiger partial charge in [-0.25, -0.2) is 18.3 Å². The Labute approximate surface area is 241 Å². The fourth-order valence-electron chi connectivity index (χ4n) is 4.55. The molecule has 1 saturated heterocycles. The normalized spacial score (nSPS) is 16.5. The average molecular weight is 571 g/mol. The maximum Gasteiger partial charge on any atom is 0.320 e. The topological polar surface area (TPSA) is 90.0 Å². The molecule has 0 spiro atoms. The lowest BCUT2D eigenvalue weighted by molar-refractivity contribution is -0.144. The molecule has 208 valence electrons. The number of thiazole rings is 1. The second kappa shape index (κ2) is 11.6. The van der Waals surface area contributed by atoms with Crippen LogP contribution in [0.4, 0.5) is 25.3 Å². The number of esters is 1. The highest BCUT2D eigenvalue weighted by molar-refractivity contribution is 7.16. The zero-order valence-electron chi connectivity index (χ0n) is 26.8. The fraction of sp³-hybridized carbons (Fsp3) is 0.357.